The van der Waals surface area contributed by atoms with Crippen molar-refractivity contribution in [1.29, 1.82) is 0 Å². The molecule has 0 saturated carbocycles. The van der Waals surface area contributed by atoms with Gasteiger partial charge >= 0.3 is 0 Å². The minimum absolute atomic E-state index is 0.0484. The van der Waals surface area contributed by atoms with Crippen LogP contribution in [0.15, 0.2) is 41.8 Å². The van der Waals surface area contributed by atoms with E-state index in [1.165, 1.54) is 17.8 Å². The van der Waals surface area contributed by atoms with Gasteiger partial charge in [0.05, 0.1) is 10.7 Å². The lowest BCUT2D eigenvalue weighted by Crippen LogP contribution is -2.16. The van der Waals surface area contributed by atoms with E-state index in [0.29, 0.717) is 16.5 Å². The van der Waals surface area contributed by atoms with Crippen molar-refractivity contribution in [1.82, 2.24) is 19.7 Å². The largest absolute Gasteiger partial charge is 0.319 e. The summed E-state index contributed by atoms with van der Waals surface area (Å²) >= 11 is 1.20. The van der Waals surface area contributed by atoms with Crippen LogP contribution < -0.4 is 5.32 Å². The van der Waals surface area contributed by atoms with Crippen LogP contribution >= 0.6 is 11.8 Å². The highest BCUT2D eigenvalue weighted by atomic mass is 32.2. The standard InChI is InChI=1S/C18H18N6O3S/c1-11-8-12(2)16(14(9-11)24(26)27)20-15(25)10-28-18-22-21-17(23(18)3)13-4-6-19-7-5-13/h4-9H,10H2,1-3H3,(H,20,25). The molecule has 28 heavy (non-hydrogen) atoms. The molecule has 0 aliphatic rings. The van der Waals surface area contributed by atoms with E-state index in [4.69, 9.17) is 0 Å². The first kappa shape index (κ1) is 19.5. The van der Waals surface area contributed by atoms with Gasteiger partial charge in [-0.05, 0) is 37.1 Å². The van der Waals surface area contributed by atoms with E-state index < -0.39 is 4.92 Å². The predicted octanol–water partition coefficient (Wildman–Crippen LogP) is 3.13. The topological polar surface area (TPSA) is 116 Å². The number of amides is 1. The van der Waals surface area contributed by atoms with Crippen LogP contribution in [0.25, 0.3) is 11.4 Å². The van der Waals surface area contributed by atoms with Gasteiger partial charge in [0.25, 0.3) is 5.69 Å². The summed E-state index contributed by atoms with van der Waals surface area (Å²) in [6, 6.07) is 6.88. The van der Waals surface area contributed by atoms with Crippen LogP contribution in [0.3, 0.4) is 0 Å². The van der Waals surface area contributed by atoms with Crippen molar-refractivity contribution < 1.29 is 9.72 Å². The molecule has 10 heteroatoms. The fraction of sp³-hybridized carbons (Fsp3) is 0.222. The van der Waals surface area contributed by atoms with Crippen LogP contribution in [0, 0.1) is 24.0 Å². The maximum atomic E-state index is 12.4. The van der Waals surface area contributed by atoms with E-state index in [0.717, 1.165) is 11.1 Å². The van der Waals surface area contributed by atoms with Gasteiger partial charge < -0.3 is 9.88 Å². The number of nitro benzene ring substituents is 1. The lowest BCUT2D eigenvalue weighted by molar-refractivity contribution is -0.384. The number of hydrogen-bond acceptors (Lipinski definition) is 7. The molecular formula is C18H18N6O3S. The van der Waals surface area contributed by atoms with Crippen LogP contribution in [0.4, 0.5) is 11.4 Å². The Morgan fingerprint density at radius 3 is 2.64 bits per heavy atom. The minimum Gasteiger partial charge on any atom is -0.319 e. The molecular weight excluding hydrogens is 380 g/mol. The van der Waals surface area contributed by atoms with Crippen LogP contribution in [-0.4, -0.2) is 36.3 Å². The molecule has 9 nitrogen and oxygen atoms in total. The van der Waals surface area contributed by atoms with E-state index in [1.807, 2.05) is 19.2 Å². The molecule has 3 rings (SSSR count). The smallest absolute Gasteiger partial charge is 0.293 e. The average molecular weight is 398 g/mol. The number of carbonyl (C=O) groups excluding carboxylic acids is 1. The van der Waals surface area contributed by atoms with E-state index in [1.54, 1.807) is 36.9 Å². The summed E-state index contributed by atoms with van der Waals surface area (Å²) in [4.78, 5) is 27.1. The van der Waals surface area contributed by atoms with Crippen molar-refractivity contribution >= 4 is 29.0 Å². The molecule has 0 radical (unpaired) electrons. The summed E-state index contributed by atoms with van der Waals surface area (Å²) in [6.45, 7) is 3.50. The molecule has 144 valence electrons. The highest BCUT2D eigenvalue weighted by Crippen LogP contribution is 2.30. The number of aromatic nitrogens is 4. The number of pyridine rings is 1. The lowest BCUT2D eigenvalue weighted by Gasteiger charge is -2.10. The third-order valence-electron chi connectivity index (χ3n) is 4.03. The van der Waals surface area contributed by atoms with Crippen molar-refractivity contribution in [2.45, 2.75) is 19.0 Å². The van der Waals surface area contributed by atoms with Crippen LogP contribution in [0.2, 0.25) is 0 Å². The Balaban J connectivity index is 1.71. The number of nitrogens with one attached hydrogen (secondary N) is 1. The summed E-state index contributed by atoms with van der Waals surface area (Å²) in [6.07, 6.45) is 3.34. The molecule has 1 amide bonds. The molecule has 2 heterocycles. The second-order valence-corrected chi connectivity index (χ2v) is 7.11. The van der Waals surface area contributed by atoms with Gasteiger partial charge in [0.15, 0.2) is 11.0 Å². The number of aryl methyl sites for hydroxylation is 2. The van der Waals surface area contributed by atoms with Gasteiger partial charge in [-0.25, -0.2) is 0 Å². The Kier molecular flexibility index (Phi) is 5.69. The summed E-state index contributed by atoms with van der Waals surface area (Å²) in [7, 11) is 1.81. The van der Waals surface area contributed by atoms with E-state index >= 15 is 0 Å². The number of nitro groups is 1. The second kappa shape index (κ2) is 8.17. The molecule has 1 N–H and O–H groups in total. The fourth-order valence-corrected chi connectivity index (χ4v) is 3.46. The molecule has 0 unspecified atom stereocenters. The van der Waals surface area contributed by atoms with E-state index in [-0.39, 0.29) is 23.0 Å². The summed E-state index contributed by atoms with van der Waals surface area (Å²) in [5.41, 5.74) is 2.38. The zero-order valence-corrected chi connectivity index (χ0v) is 16.4. The van der Waals surface area contributed by atoms with Crippen molar-refractivity contribution in [2.75, 3.05) is 11.1 Å². The van der Waals surface area contributed by atoms with Crippen molar-refractivity contribution in [3.8, 4) is 11.4 Å². The van der Waals surface area contributed by atoms with Crippen LogP contribution in [-0.2, 0) is 11.8 Å². The minimum atomic E-state index is -0.494. The van der Waals surface area contributed by atoms with Gasteiger partial charge in [0.1, 0.15) is 5.69 Å². The molecule has 0 spiro atoms. The Bertz CT molecular complexity index is 1040. The maximum absolute atomic E-state index is 12.4. The fourth-order valence-electron chi connectivity index (χ4n) is 2.75. The Labute approximate surface area is 165 Å². The summed E-state index contributed by atoms with van der Waals surface area (Å²) in [5, 5.41) is 22.8. The maximum Gasteiger partial charge on any atom is 0.293 e. The van der Waals surface area contributed by atoms with Crippen molar-refractivity contribution in [3.05, 3.63) is 57.9 Å². The predicted molar refractivity (Wildman–Crippen MR) is 106 cm³/mol. The second-order valence-electron chi connectivity index (χ2n) is 6.17. The van der Waals surface area contributed by atoms with Gasteiger partial charge in [0, 0.05) is 31.1 Å². The van der Waals surface area contributed by atoms with Crippen molar-refractivity contribution in [3.63, 3.8) is 0 Å². The highest BCUT2D eigenvalue weighted by molar-refractivity contribution is 7.99. The molecule has 1 aromatic carbocycles. The number of hydrogen-bond donors (Lipinski definition) is 1. The lowest BCUT2D eigenvalue weighted by atomic mass is 10.1. The third-order valence-corrected chi connectivity index (χ3v) is 5.05. The number of rotatable bonds is 6. The zero-order chi connectivity index (χ0) is 20.3. The van der Waals surface area contributed by atoms with Gasteiger partial charge in [-0.2, -0.15) is 0 Å². The SMILES string of the molecule is Cc1cc(C)c(NC(=O)CSc2nnc(-c3ccncc3)n2C)c([N+](=O)[O-])c1. The van der Waals surface area contributed by atoms with Crippen LogP contribution in [0.5, 0.6) is 0 Å². The van der Waals surface area contributed by atoms with Crippen LogP contribution in [0.1, 0.15) is 11.1 Å². The molecule has 3 aromatic rings. The Morgan fingerprint density at radius 1 is 1.25 bits per heavy atom. The van der Waals surface area contributed by atoms with Gasteiger partial charge in [-0.15, -0.1) is 10.2 Å². The number of anilines is 1. The highest BCUT2D eigenvalue weighted by Gasteiger charge is 2.20. The first-order valence-corrected chi connectivity index (χ1v) is 9.33. The zero-order valence-electron chi connectivity index (χ0n) is 15.5. The van der Waals surface area contributed by atoms with Gasteiger partial charge in [0.2, 0.25) is 5.91 Å². The summed E-state index contributed by atoms with van der Waals surface area (Å²) < 4.78 is 1.78. The molecule has 0 fully saturated rings. The van der Waals surface area contributed by atoms with E-state index in [9.17, 15) is 14.9 Å². The number of carbonyl (C=O) groups is 1. The molecule has 0 atom stereocenters. The number of benzene rings is 1. The molecule has 2 aromatic heterocycles. The third kappa shape index (κ3) is 4.17. The summed E-state index contributed by atoms with van der Waals surface area (Å²) in [5.74, 6) is 0.358. The normalized spacial score (nSPS) is 10.7. The number of nitrogens with zero attached hydrogens (tertiary/aromatic N) is 5. The Morgan fingerprint density at radius 2 is 1.96 bits per heavy atom. The molecule has 0 aliphatic carbocycles. The van der Waals surface area contributed by atoms with Crippen molar-refractivity contribution in [2.24, 2.45) is 7.05 Å². The molecule has 0 saturated heterocycles. The molecule has 0 aliphatic heterocycles. The molecule has 0 bridgehead atoms. The monoisotopic (exact) mass is 398 g/mol. The first-order chi connectivity index (χ1) is 13.4. The number of thioether (sulfide) groups is 1. The Hall–Kier alpha value is -3.27. The quantitative estimate of drug-likeness (QED) is 0.385. The van der Waals surface area contributed by atoms with Gasteiger partial charge in [-0.3, -0.25) is 19.9 Å². The van der Waals surface area contributed by atoms with E-state index in [2.05, 4.69) is 20.5 Å². The first-order valence-electron chi connectivity index (χ1n) is 8.35. The average Bonchev–Trinajstić information content (AvgIpc) is 3.03. The van der Waals surface area contributed by atoms with Gasteiger partial charge in [-0.1, -0.05) is 17.8 Å².